The first kappa shape index (κ1) is 23.1. The summed E-state index contributed by atoms with van der Waals surface area (Å²) < 4.78 is 2.12. The Kier molecular flexibility index (Phi) is 7.95. The number of rotatable bonds is 6. The van der Waals surface area contributed by atoms with Crippen molar-refractivity contribution in [3.8, 4) is 11.3 Å². The van der Waals surface area contributed by atoms with E-state index in [1.807, 2.05) is 13.8 Å². The van der Waals surface area contributed by atoms with Gasteiger partial charge in [0.05, 0.1) is 11.4 Å². The highest BCUT2D eigenvalue weighted by Gasteiger charge is 2.20. The topological polar surface area (TPSA) is 43.6 Å². The van der Waals surface area contributed by atoms with E-state index >= 15 is 0 Å². The number of fused-ring (bicyclic) bond motifs is 1. The van der Waals surface area contributed by atoms with Gasteiger partial charge in [-0.3, -0.25) is 4.98 Å². The van der Waals surface area contributed by atoms with Crippen LogP contribution in [-0.2, 0) is 19.9 Å². The molecule has 0 saturated heterocycles. The highest BCUT2D eigenvalue weighted by atomic mass is 15.0. The molecule has 0 bridgehead atoms. The van der Waals surface area contributed by atoms with Crippen molar-refractivity contribution in [3.05, 3.63) is 41.0 Å². The first-order valence-electron chi connectivity index (χ1n) is 11.3. The smallest absolute Gasteiger partial charge is 0.159 e. The van der Waals surface area contributed by atoms with E-state index in [4.69, 9.17) is 15.0 Å². The van der Waals surface area contributed by atoms with Crippen LogP contribution in [0.3, 0.4) is 0 Å². The van der Waals surface area contributed by atoms with Crippen LogP contribution in [0.25, 0.3) is 22.4 Å². The molecule has 1 atom stereocenters. The van der Waals surface area contributed by atoms with Gasteiger partial charge in [0, 0.05) is 35.8 Å². The van der Waals surface area contributed by atoms with Gasteiger partial charge in [0.1, 0.15) is 5.52 Å². The first-order chi connectivity index (χ1) is 13.9. The van der Waals surface area contributed by atoms with Gasteiger partial charge in [-0.05, 0) is 43.2 Å². The van der Waals surface area contributed by atoms with Gasteiger partial charge in [-0.1, -0.05) is 55.4 Å². The Morgan fingerprint density at radius 1 is 0.897 bits per heavy atom. The zero-order chi connectivity index (χ0) is 21.7. The van der Waals surface area contributed by atoms with Crippen LogP contribution < -0.4 is 0 Å². The summed E-state index contributed by atoms with van der Waals surface area (Å²) in [5.41, 5.74) is 8.74. The molecule has 3 heterocycles. The fourth-order valence-corrected chi connectivity index (χ4v) is 3.60. The quantitative estimate of drug-likeness (QED) is 0.461. The van der Waals surface area contributed by atoms with Crippen LogP contribution in [0, 0.1) is 0 Å². The van der Waals surface area contributed by atoms with Gasteiger partial charge in [0.25, 0.3) is 0 Å². The van der Waals surface area contributed by atoms with E-state index in [0.717, 1.165) is 58.8 Å². The predicted octanol–water partition coefficient (Wildman–Crippen LogP) is 6.82. The lowest BCUT2D eigenvalue weighted by Gasteiger charge is -2.14. The van der Waals surface area contributed by atoms with Crippen molar-refractivity contribution in [3.63, 3.8) is 0 Å². The average Bonchev–Trinajstić information content (AvgIpc) is 3.08. The predicted molar refractivity (Wildman–Crippen MR) is 125 cm³/mol. The van der Waals surface area contributed by atoms with Crippen molar-refractivity contribution >= 4 is 11.2 Å². The zero-order valence-electron chi connectivity index (χ0n) is 19.8. The van der Waals surface area contributed by atoms with Crippen LogP contribution in [0.1, 0.15) is 96.3 Å². The second-order valence-electron chi connectivity index (χ2n) is 7.79. The van der Waals surface area contributed by atoms with Crippen molar-refractivity contribution in [2.45, 2.75) is 86.5 Å². The maximum absolute atomic E-state index is 5.10. The molecule has 3 rings (SSSR count). The van der Waals surface area contributed by atoms with E-state index in [2.05, 4.69) is 71.5 Å². The molecule has 3 aromatic heterocycles. The van der Waals surface area contributed by atoms with Gasteiger partial charge in [-0.2, -0.15) is 0 Å². The summed E-state index contributed by atoms with van der Waals surface area (Å²) in [4.78, 5) is 15.1. The molecule has 0 radical (unpaired) electrons. The molecule has 29 heavy (non-hydrogen) atoms. The molecular weight excluding hydrogens is 356 g/mol. The zero-order valence-corrected chi connectivity index (χ0v) is 19.8. The van der Waals surface area contributed by atoms with Gasteiger partial charge >= 0.3 is 0 Å². The van der Waals surface area contributed by atoms with E-state index in [9.17, 15) is 0 Å². The summed E-state index contributed by atoms with van der Waals surface area (Å²) in [6.07, 6.45) is 5.06. The van der Waals surface area contributed by atoms with Crippen molar-refractivity contribution < 1.29 is 0 Å². The van der Waals surface area contributed by atoms with Gasteiger partial charge in [-0.15, -0.1) is 0 Å². The summed E-state index contributed by atoms with van der Waals surface area (Å²) in [6, 6.07) is 4.33. The molecule has 0 amide bonds. The molecule has 0 aromatic carbocycles. The minimum atomic E-state index is 0.425. The fraction of sp³-hybridized carbons (Fsp3) is 0.560. The Hall–Kier alpha value is -2.23. The molecule has 3 aromatic rings. The molecule has 0 N–H and O–H groups in total. The largest absolute Gasteiger partial charge is 0.334 e. The van der Waals surface area contributed by atoms with Crippen molar-refractivity contribution in [1.82, 2.24) is 19.5 Å². The Morgan fingerprint density at radius 3 is 2.10 bits per heavy atom. The molecule has 1 unspecified atom stereocenters. The van der Waals surface area contributed by atoms with Gasteiger partial charge in [-0.25, -0.2) is 9.97 Å². The second-order valence-corrected chi connectivity index (χ2v) is 7.79. The standard InChI is InChI=1S/C23H32N4.C2H6/c1-8-15(6)17-13-27(7)23-22(17)25-19(10-3)21(26-23)16-11-12-20(14(4)5)24-18(16)9-2;1-2/h11-15H,8-10H2,1-7H3;1-2H3. The third-order valence-electron chi connectivity index (χ3n) is 5.55. The fourth-order valence-electron chi connectivity index (χ4n) is 3.60. The molecule has 0 fully saturated rings. The number of pyridine rings is 1. The molecule has 0 aliphatic rings. The summed E-state index contributed by atoms with van der Waals surface area (Å²) in [5.74, 6) is 0.909. The Morgan fingerprint density at radius 2 is 1.55 bits per heavy atom. The van der Waals surface area contributed by atoms with Crippen LogP contribution in [0.2, 0.25) is 0 Å². The number of hydrogen-bond acceptors (Lipinski definition) is 3. The minimum absolute atomic E-state index is 0.425. The lowest BCUT2D eigenvalue weighted by Crippen LogP contribution is -2.05. The maximum Gasteiger partial charge on any atom is 0.159 e. The van der Waals surface area contributed by atoms with Crippen LogP contribution in [-0.4, -0.2) is 19.5 Å². The van der Waals surface area contributed by atoms with Crippen LogP contribution in [0.4, 0.5) is 0 Å². The number of hydrogen-bond donors (Lipinski definition) is 0. The number of aryl methyl sites for hydroxylation is 3. The Balaban J connectivity index is 0.00000145. The molecule has 0 saturated carbocycles. The molecular formula is C25H38N4. The van der Waals surface area contributed by atoms with Gasteiger partial charge < -0.3 is 4.57 Å². The Bertz CT molecular complexity index is 953. The molecule has 0 aliphatic heterocycles. The SMILES string of the molecule is CC.CCc1nc(C(C)C)ccc1-c1nc2c(nc1CC)c(C(C)CC)cn2C. The molecule has 4 heteroatoms. The molecule has 0 aliphatic carbocycles. The average molecular weight is 395 g/mol. The normalized spacial score (nSPS) is 12.2. The van der Waals surface area contributed by atoms with E-state index in [0.29, 0.717) is 11.8 Å². The van der Waals surface area contributed by atoms with Crippen LogP contribution >= 0.6 is 0 Å². The molecule has 4 nitrogen and oxygen atoms in total. The summed E-state index contributed by atoms with van der Waals surface area (Å²) in [6.45, 7) is 17.2. The van der Waals surface area contributed by atoms with E-state index in [-0.39, 0.29) is 0 Å². The van der Waals surface area contributed by atoms with E-state index in [1.54, 1.807) is 0 Å². The molecule has 158 valence electrons. The van der Waals surface area contributed by atoms with E-state index in [1.165, 1.54) is 5.56 Å². The van der Waals surface area contributed by atoms with Crippen LogP contribution in [0.15, 0.2) is 18.3 Å². The van der Waals surface area contributed by atoms with Crippen molar-refractivity contribution in [2.24, 2.45) is 7.05 Å². The van der Waals surface area contributed by atoms with Crippen molar-refractivity contribution in [1.29, 1.82) is 0 Å². The molecule has 0 spiro atoms. The summed E-state index contributed by atoms with van der Waals surface area (Å²) in [7, 11) is 2.07. The maximum atomic E-state index is 5.10. The highest BCUT2D eigenvalue weighted by Crippen LogP contribution is 2.32. The number of nitrogens with zero attached hydrogens (tertiary/aromatic N) is 4. The third kappa shape index (κ3) is 4.52. The van der Waals surface area contributed by atoms with Gasteiger partial charge in [0.2, 0.25) is 0 Å². The minimum Gasteiger partial charge on any atom is -0.334 e. The highest BCUT2D eigenvalue weighted by molar-refractivity contribution is 5.80. The lowest BCUT2D eigenvalue weighted by atomic mass is 9.99. The second kappa shape index (κ2) is 10.00. The van der Waals surface area contributed by atoms with E-state index < -0.39 is 0 Å². The first-order valence-corrected chi connectivity index (χ1v) is 11.3. The van der Waals surface area contributed by atoms with Crippen LogP contribution in [0.5, 0.6) is 0 Å². The van der Waals surface area contributed by atoms with Crippen molar-refractivity contribution in [2.75, 3.05) is 0 Å². The monoisotopic (exact) mass is 394 g/mol. The Labute approximate surface area is 176 Å². The number of aromatic nitrogens is 4. The summed E-state index contributed by atoms with van der Waals surface area (Å²) >= 11 is 0. The summed E-state index contributed by atoms with van der Waals surface area (Å²) in [5, 5.41) is 0. The van der Waals surface area contributed by atoms with Gasteiger partial charge in [0.15, 0.2) is 5.65 Å². The lowest BCUT2D eigenvalue weighted by molar-refractivity contribution is 0.733. The third-order valence-corrected chi connectivity index (χ3v) is 5.55.